The molecule has 0 saturated carbocycles. The largest absolute Gasteiger partial charge is 0.395 e. The van der Waals surface area contributed by atoms with Gasteiger partial charge in [0.2, 0.25) is 0 Å². The van der Waals surface area contributed by atoms with Crippen LogP contribution in [0.2, 0.25) is 0 Å². The van der Waals surface area contributed by atoms with Crippen LogP contribution in [-0.2, 0) is 6.42 Å². The van der Waals surface area contributed by atoms with E-state index in [-0.39, 0.29) is 32.2 Å². The van der Waals surface area contributed by atoms with Crippen LogP contribution >= 0.6 is 11.3 Å². The Morgan fingerprint density at radius 2 is 1.86 bits per heavy atom. The number of benzene rings is 1. The minimum Gasteiger partial charge on any atom is -0.395 e. The van der Waals surface area contributed by atoms with Crippen molar-refractivity contribution in [3.05, 3.63) is 34.7 Å². The van der Waals surface area contributed by atoms with Crippen LogP contribution < -0.4 is 0 Å². The number of aliphatic hydroxyl groups excluding tert-OH is 2. The van der Waals surface area contributed by atoms with Crippen LogP contribution in [0.5, 0.6) is 0 Å². The smallest absolute Gasteiger partial charge is 0.264 e. The van der Waals surface area contributed by atoms with Crippen molar-refractivity contribution in [3.63, 3.8) is 0 Å². The summed E-state index contributed by atoms with van der Waals surface area (Å²) in [6.07, 6.45) is 1.83. The van der Waals surface area contributed by atoms with E-state index < -0.39 is 0 Å². The third-order valence-electron chi connectivity index (χ3n) is 3.42. The number of thiophene rings is 1. The highest BCUT2D eigenvalue weighted by Gasteiger charge is 2.22. The molecule has 0 fully saturated rings. The molecular weight excluding hydrogens is 286 g/mol. The molecule has 0 saturated heterocycles. The van der Waals surface area contributed by atoms with Crippen molar-refractivity contribution < 1.29 is 15.0 Å². The van der Waals surface area contributed by atoms with Crippen molar-refractivity contribution in [3.8, 4) is 0 Å². The van der Waals surface area contributed by atoms with Gasteiger partial charge in [0.05, 0.1) is 18.1 Å². The Balaban J connectivity index is 2.43. The van der Waals surface area contributed by atoms with Crippen LogP contribution in [0, 0.1) is 0 Å². The van der Waals surface area contributed by atoms with Gasteiger partial charge in [-0.2, -0.15) is 0 Å². The Morgan fingerprint density at radius 3 is 2.48 bits per heavy atom. The SMILES string of the molecule is CCCc1c(C(=O)N(CCO)CCO)sc2ccccc12. The van der Waals surface area contributed by atoms with E-state index in [1.54, 1.807) is 0 Å². The lowest BCUT2D eigenvalue weighted by atomic mass is 10.1. The van der Waals surface area contributed by atoms with E-state index in [1.165, 1.54) is 16.2 Å². The number of carbonyl (C=O) groups excluding carboxylic acids is 1. The lowest BCUT2D eigenvalue weighted by Gasteiger charge is -2.20. The molecule has 21 heavy (non-hydrogen) atoms. The number of amides is 1. The molecule has 2 rings (SSSR count). The lowest BCUT2D eigenvalue weighted by molar-refractivity contribution is 0.0688. The van der Waals surface area contributed by atoms with Crippen LogP contribution in [0.4, 0.5) is 0 Å². The van der Waals surface area contributed by atoms with Crippen LogP contribution in [-0.4, -0.2) is 47.3 Å². The summed E-state index contributed by atoms with van der Waals surface area (Å²) < 4.78 is 1.11. The average molecular weight is 307 g/mol. The third-order valence-corrected chi connectivity index (χ3v) is 4.62. The van der Waals surface area contributed by atoms with Crippen LogP contribution in [0.3, 0.4) is 0 Å². The number of hydrogen-bond acceptors (Lipinski definition) is 4. The fourth-order valence-electron chi connectivity index (χ4n) is 2.47. The number of nitrogens with zero attached hydrogens (tertiary/aromatic N) is 1. The van der Waals surface area contributed by atoms with Crippen LogP contribution in [0.25, 0.3) is 10.1 Å². The first-order valence-electron chi connectivity index (χ1n) is 7.24. The number of fused-ring (bicyclic) bond motifs is 1. The molecule has 1 amide bonds. The van der Waals surface area contributed by atoms with Gasteiger partial charge >= 0.3 is 0 Å². The summed E-state index contributed by atoms with van der Waals surface area (Å²) in [6.45, 7) is 2.40. The van der Waals surface area contributed by atoms with E-state index >= 15 is 0 Å². The number of carbonyl (C=O) groups is 1. The Labute approximate surface area is 128 Å². The average Bonchev–Trinajstić information content (AvgIpc) is 2.86. The van der Waals surface area contributed by atoms with Gasteiger partial charge in [0.25, 0.3) is 5.91 Å². The predicted octanol–water partition coefficient (Wildman–Crippen LogP) is 2.28. The van der Waals surface area contributed by atoms with Crippen molar-refractivity contribution in [2.24, 2.45) is 0 Å². The topological polar surface area (TPSA) is 60.8 Å². The molecule has 0 bridgehead atoms. The Hall–Kier alpha value is -1.43. The molecule has 1 heterocycles. The molecule has 0 unspecified atom stereocenters. The van der Waals surface area contributed by atoms with Crippen molar-refractivity contribution in [2.45, 2.75) is 19.8 Å². The van der Waals surface area contributed by atoms with Gasteiger partial charge in [-0.15, -0.1) is 11.3 Å². The maximum Gasteiger partial charge on any atom is 0.264 e. The molecule has 0 aliphatic carbocycles. The highest BCUT2D eigenvalue weighted by molar-refractivity contribution is 7.21. The van der Waals surface area contributed by atoms with E-state index in [0.29, 0.717) is 0 Å². The maximum atomic E-state index is 12.7. The zero-order valence-corrected chi connectivity index (χ0v) is 13.0. The minimum atomic E-state index is -0.0975. The summed E-state index contributed by atoms with van der Waals surface area (Å²) in [5.41, 5.74) is 1.09. The standard InChI is InChI=1S/C16H21NO3S/c1-2-5-13-12-6-3-4-7-14(12)21-15(13)16(20)17(8-10-18)9-11-19/h3-4,6-7,18-19H,2,5,8-11H2,1H3. The molecule has 4 nitrogen and oxygen atoms in total. The zero-order chi connectivity index (χ0) is 15.2. The second-order valence-corrected chi connectivity index (χ2v) is 5.95. The third kappa shape index (κ3) is 3.43. The molecule has 1 aromatic heterocycles. The van der Waals surface area contributed by atoms with Gasteiger partial charge in [0.1, 0.15) is 0 Å². The van der Waals surface area contributed by atoms with Crippen LogP contribution in [0.15, 0.2) is 24.3 Å². The monoisotopic (exact) mass is 307 g/mol. The summed E-state index contributed by atoms with van der Waals surface area (Å²) in [5.74, 6) is -0.0947. The summed E-state index contributed by atoms with van der Waals surface area (Å²) >= 11 is 1.50. The lowest BCUT2D eigenvalue weighted by Crippen LogP contribution is -2.35. The van der Waals surface area contributed by atoms with Gasteiger partial charge in [-0.05, 0) is 23.4 Å². The van der Waals surface area contributed by atoms with Gasteiger partial charge in [-0.1, -0.05) is 31.5 Å². The molecule has 2 aromatic rings. The van der Waals surface area contributed by atoms with Crippen molar-refractivity contribution in [1.82, 2.24) is 4.90 Å². The van der Waals surface area contributed by atoms with E-state index in [4.69, 9.17) is 10.2 Å². The highest BCUT2D eigenvalue weighted by atomic mass is 32.1. The fraction of sp³-hybridized carbons (Fsp3) is 0.438. The number of aliphatic hydroxyl groups is 2. The molecule has 1 aromatic carbocycles. The first kappa shape index (κ1) is 15.9. The van der Waals surface area contributed by atoms with Crippen molar-refractivity contribution >= 4 is 27.3 Å². The summed E-state index contributed by atoms with van der Waals surface area (Å²) in [7, 11) is 0. The molecular formula is C16H21NO3S. The first-order chi connectivity index (χ1) is 10.2. The number of aryl methyl sites for hydroxylation is 1. The first-order valence-corrected chi connectivity index (χ1v) is 8.06. The molecule has 2 N–H and O–H groups in total. The summed E-state index contributed by atoms with van der Waals surface area (Å²) in [4.78, 5) is 15.0. The Morgan fingerprint density at radius 1 is 1.19 bits per heavy atom. The Kier molecular flexibility index (Phi) is 5.73. The van der Waals surface area contributed by atoms with Crippen LogP contribution in [0.1, 0.15) is 28.6 Å². The number of hydrogen-bond donors (Lipinski definition) is 2. The van der Waals surface area contributed by atoms with Gasteiger partial charge in [-0.25, -0.2) is 0 Å². The molecule has 0 aliphatic heterocycles. The second kappa shape index (κ2) is 7.54. The molecule has 0 aliphatic rings. The molecule has 0 atom stereocenters. The molecule has 114 valence electrons. The summed E-state index contributed by atoms with van der Waals surface area (Å²) in [5, 5.41) is 19.3. The molecule has 5 heteroatoms. The second-order valence-electron chi connectivity index (χ2n) is 4.90. The predicted molar refractivity (Wildman–Crippen MR) is 85.9 cm³/mol. The normalized spacial score (nSPS) is 11.0. The van der Waals surface area contributed by atoms with E-state index in [2.05, 4.69) is 13.0 Å². The van der Waals surface area contributed by atoms with Crippen molar-refractivity contribution in [1.29, 1.82) is 0 Å². The van der Waals surface area contributed by atoms with E-state index in [1.807, 2.05) is 18.2 Å². The van der Waals surface area contributed by atoms with Gasteiger partial charge in [0, 0.05) is 17.8 Å². The molecule has 0 spiro atoms. The fourth-order valence-corrected chi connectivity index (χ4v) is 3.69. The van der Waals surface area contributed by atoms with Gasteiger partial charge in [0.15, 0.2) is 0 Å². The molecule has 0 radical (unpaired) electrons. The zero-order valence-electron chi connectivity index (χ0n) is 12.2. The summed E-state index contributed by atoms with van der Waals surface area (Å²) in [6, 6.07) is 8.04. The maximum absolute atomic E-state index is 12.7. The van der Waals surface area contributed by atoms with Gasteiger partial charge < -0.3 is 15.1 Å². The highest BCUT2D eigenvalue weighted by Crippen LogP contribution is 2.33. The van der Waals surface area contributed by atoms with Gasteiger partial charge in [-0.3, -0.25) is 4.79 Å². The Bertz CT molecular complexity index is 603. The van der Waals surface area contributed by atoms with Crippen molar-refractivity contribution in [2.75, 3.05) is 26.3 Å². The number of rotatable bonds is 7. The van der Waals surface area contributed by atoms with E-state index in [0.717, 1.165) is 33.4 Å². The quantitative estimate of drug-likeness (QED) is 0.825. The van der Waals surface area contributed by atoms with E-state index in [9.17, 15) is 4.79 Å². The minimum absolute atomic E-state index is 0.0947.